The zero-order chi connectivity index (χ0) is 14.1. The smallest absolute Gasteiger partial charge is 0.159 e. The molecule has 1 heterocycles. The Hall–Kier alpha value is -1.53. The van der Waals surface area contributed by atoms with E-state index >= 15 is 0 Å². The molecule has 2 aromatic carbocycles. The highest BCUT2D eigenvalue weighted by molar-refractivity contribution is 5.86. The summed E-state index contributed by atoms with van der Waals surface area (Å²) in [5.41, 5.74) is 0.731. The van der Waals surface area contributed by atoms with Gasteiger partial charge in [0.05, 0.1) is 6.61 Å². The number of hydrogen-bond acceptors (Lipinski definition) is 4. The van der Waals surface area contributed by atoms with Crippen LogP contribution in [-0.4, -0.2) is 30.1 Å². The molecule has 4 nitrogen and oxygen atoms in total. The van der Waals surface area contributed by atoms with Crippen molar-refractivity contribution in [1.29, 1.82) is 0 Å². The topological polar surface area (TPSA) is 64.7 Å². The third-order valence-corrected chi connectivity index (χ3v) is 3.71. The second-order valence-corrected chi connectivity index (χ2v) is 4.93. The Kier molecular flexibility index (Phi) is 3.67. The number of benzene rings is 2. The second kappa shape index (κ2) is 5.46. The van der Waals surface area contributed by atoms with Crippen LogP contribution in [0.2, 0.25) is 0 Å². The minimum absolute atomic E-state index is 0.0388. The summed E-state index contributed by atoms with van der Waals surface area (Å²) < 4.78 is 19.9. The largest absolute Gasteiger partial charge is 0.387 e. The predicted molar refractivity (Wildman–Crippen MR) is 72.6 cm³/mol. The van der Waals surface area contributed by atoms with Crippen molar-refractivity contribution in [3.8, 4) is 0 Å². The molecule has 0 radical (unpaired) electrons. The van der Waals surface area contributed by atoms with Gasteiger partial charge in [0, 0.05) is 0 Å². The molecule has 0 bridgehead atoms. The molecule has 1 aliphatic rings. The van der Waals surface area contributed by atoms with Gasteiger partial charge in [0.15, 0.2) is 6.17 Å². The van der Waals surface area contributed by atoms with Gasteiger partial charge in [-0.25, -0.2) is 10.3 Å². The SMILES string of the molecule is NOC[C@H]1O[C@@H](c2cccc3ccccc23)[C@H](F)[C@@H]1O. The Labute approximate surface area is 115 Å². The Morgan fingerprint density at radius 2 is 1.95 bits per heavy atom. The lowest BCUT2D eigenvalue weighted by molar-refractivity contribution is -0.0454. The molecule has 4 atom stereocenters. The number of nitrogens with two attached hydrogens (primary N) is 1. The quantitative estimate of drug-likeness (QED) is 0.841. The fourth-order valence-corrected chi connectivity index (χ4v) is 2.70. The standard InChI is InChI=1S/C15H16FNO3/c16-13-14(18)12(8-19-17)20-15(13)11-7-3-5-9-4-1-2-6-10(9)11/h1-7,12-15,18H,8,17H2/t12-,13-,14-,15+/m1/s1. The van der Waals surface area contributed by atoms with Crippen LogP contribution in [0, 0.1) is 0 Å². The monoisotopic (exact) mass is 277 g/mol. The minimum atomic E-state index is -1.50. The summed E-state index contributed by atoms with van der Waals surface area (Å²) >= 11 is 0. The molecule has 0 aliphatic carbocycles. The van der Waals surface area contributed by atoms with Gasteiger partial charge in [-0.2, -0.15) is 0 Å². The third-order valence-electron chi connectivity index (χ3n) is 3.71. The predicted octanol–water partition coefficient (Wildman–Crippen LogP) is 1.87. The Morgan fingerprint density at radius 1 is 1.20 bits per heavy atom. The van der Waals surface area contributed by atoms with Gasteiger partial charge in [-0.05, 0) is 16.3 Å². The first-order valence-electron chi connectivity index (χ1n) is 6.49. The van der Waals surface area contributed by atoms with Crippen molar-refractivity contribution in [1.82, 2.24) is 0 Å². The van der Waals surface area contributed by atoms with E-state index in [0.29, 0.717) is 0 Å². The van der Waals surface area contributed by atoms with E-state index in [4.69, 9.17) is 10.6 Å². The first kappa shape index (κ1) is 13.5. The number of alkyl halides is 1. The van der Waals surface area contributed by atoms with Crippen LogP contribution in [0.1, 0.15) is 11.7 Å². The van der Waals surface area contributed by atoms with Crippen LogP contribution in [0.5, 0.6) is 0 Å². The van der Waals surface area contributed by atoms with Gasteiger partial charge in [-0.1, -0.05) is 42.5 Å². The average molecular weight is 277 g/mol. The van der Waals surface area contributed by atoms with Crippen molar-refractivity contribution < 1.29 is 19.1 Å². The third kappa shape index (κ3) is 2.19. The highest BCUT2D eigenvalue weighted by atomic mass is 19.1. The van der Waals surface area contributed by atoms with Crippen molar-refractivity contribution in [2.45, 2.75) is 24.5 Å². The first-order valence-corrected chi connectivity index (χ1v) is 6.49. The fourth-order valence-electron chi connectivity index (χ4n) is 2.70. The van der Waals surface area contributed by atoms with Crippen LogP contribution in [0.15, 0.2) is 42.5 Å². The molecule has 0 unspecified atom stereocenters. The lowest BCUT2D eigenvalue weighted by Gasteiger charge is -2.16. The highest BCUT2D eigenvalue weighted by Crippen LogP contribution is 2.38. The Bertz CT molecular complexity index is 601. The normalized spacial score (nSPS) is 29.9. The van der Waals surface area contributed by atoms with Crippen LogP contribution >= 0.6 is 0 Å². The molecule has 1 saturated heterocycles. The van der Waals surface area contributed by atoms with Gasteiger partial charge in [-0.3, -0.25) is 0 Å². The first-order chi connectivity index (χ1) is 9.72. The maximum Gasteiger partial charge on any atom is 0.159 e. The van der Waals surface area contributed by atoms with E-state index in [-0.39, 0.29) is 6.61 Å². The molecule has 3 N–H and O–H groups in total. The number of aliphatic hydroxyl groups is 1. The molecule has 1 fully saturated rings. The summed E-state index contributed by atoms with van der Waals surface area (Å²) in [7, 11) is 0. The Morgan fingerprint density at radius 3 is 2.75 bits per heavy atom. The van der Waals surface area contributed by atoms with Crippen molar-refractivity contribution in [3.05, 3.63) is 48.0 Å². The molecule has 1 aliphatic heterocycles. The van der Waals surface area contributed by atoms with Crippen molar-refractivity contribution >= 4 is 10.8 Å². The fraction of sp³-hybridized carbons (Fsp3) is 0.333. The highest BCUT2D eigenvalue weighted by Gasteiger charge is 2.45. The second-order valence-electron chi connectivity index (χ2n) is 4.93. The molecule has 5 heteroatoms. The minimum Gasteiger partial charge on any atom is -0.387 e. The van der Waals surface area contributed by atoms with E-state index in [9.17, 15) is 9.50 Å². The van der Waals surface area contributed by atoms with Crippen LogP contribution in [0.3, 0.4) is 0 Å². The van der Waals surface area contributed by atoms with E-state index in [0.717, 1.165) is 16.3 Å². The number of hydrogen-bond donors (Lipinski definition) is 2. The summed E-state index contributed by atoms with van der Waals surface area (Å²) in [5.74, 6) is 4.98. The lowest BCUT2D eigenvalue weighted by Crippen LogP contribution is -2.32. The molecule has 3 rings (SSSR count). The molecule has 0 aromatic heterocycles. The van der Waals surface area contributed by atoms with Gasteiger partial charge in [-0.15, -0.1) is 0 Å². The van der Waals surface area contributed by atoms with Gasteiger partial charge in [0.2, 0.25) is 0 Å². The van der Waals surface area contributed by atoms with Crippen molar-refractivity contribution in [2.75, 3.05) is 6.61 Å². The molecular weight excluding hydrogens is 261 g/mol. The van der Waals surface area contributed by atoms with Crippen LogP contribution in [0.25, 0.3) is 10.8 Å². The van der Waals surface area contributed by atoms with Gasteiger partial charge < -0.3 is 14.7 Å². The number of rotatable bonds is 3. The van der Waals surface area contributed by atoms with Gasteiger partial charge >= 0.3 is 0 Å². The molecule has 2 aromatic rings. The van der Waals surface area contributed by atoms with Crippen LogP contribution in [0.4, 0.5) is 4.39 Å². The summed E-state index contributed by atoms with van der Waals surface area (Å²) in [4.78, 5) is 4.46. The molecule has 20 heavy (non-hydrogen) atoms. The van der Waals surface area contributed by atoms with E-state index in [1.807, 2.05) is 42.5 Å². The maximum atomic E-state index is 14.3. The summed E-state index contributed by atoms with van der Waals surface area (Å²) in [6, 6.07) is 13.3. The number of fused-ring (bicyclic) bond motifs is 1. The van der Waals surface area contributed by atoms with Crippen molar-refractivity contribution in [3.63, 3.8) is 0 Å². The van der Waals surface area contributed by atoms with Crippen LogP contribution in [-0.2, 0) is 9.57 Å². The van der Waals surface area contributed by atoms with E-state index < -0.39 is 24.5 Å². The molecule has 0 spiro atoms. The Balaban J connectivity index is 1.99. The lowest BCUT2D eigenvalue weighted by atomic mass is 9.97. The summed E-state index contributed by atoms with van der Waals surface area (Å²) in [6.45, 7) is -0.0388. The number of halogens is 1. The molecular formula is C15H16FNO3. The molecule has 0 amide bonds. The summed E-state index contributed by atoms with van der Waals surface area (Å²) in [5, 5.41) is 11.8. The van der Waals surface area contributed by atoms with Crippen molar-refractivity contribution in [2.24, 2.45) is 5.90 Å². The number of ether oxygens (including phenoxy) is 1. The number of aliphatic hydroxyl groups excluding tert-OH is 1. The zero-order valence-corrected chi connectivity index (χ0v) is 10.8. The van der Waals surface area contributed by atoms with Gasteiger partial charge in [0.1, 0.15) is 18.3 Å². The average Bonchev–Trinajstić information content (AvgIpc) is 2.76. The summed E-state index contributed by atoms with van der Waals surface area (Å²) in [6.07, 6.45) is -4.29. The van der Waals surface area contributed by atoms with Crippen LogP contribution < -0.4 is 5.90 Å². The van der Waals surface area contributed by atoms with E-state index in [1.54, 1.807) is 0 Å². The zero-order valence-electron chi connectivity index (χ0n) is 10.8. The maximum absolute atomic E-state index is 14.3. The van der Waals surface area contributed by atoms with Gasteiger partial charge in [0.25, 0.3) is 0 Å². The molecule has 106 valence electrons. The molecule has 0 saturated carbocycles. The van der Waals surface area contributed by atoms with E-state index in [2.05, 4.69) is 4.84 Å². The van der Waals surface area contributed by atoms with E-state index in [1.165, 1.54) is 0 Å².